The maximum atomic E-state index is 13.4. The number of Topliss-reactive ketones (excluding diaryl/α,β-unsaturated/α-hetero) is 1. The van der Waals surface area contributed by atoms with Gasteiger partial charge < -0.3 is 0 Å². The van der Waals surface area contributed by atoms with Crippen LogP contribution in [-0.4, -0.2) is 40.1 Å². The molecule has 170 valence electrons. The number of carbonyl (C=O) groups is 4. The number of nitrogens with zero attached hydrogens (tertiary/aromatic N) is 2. The fourth-order valence-corrected chi connectivity index (χ4v) is 4.92. The van der Waals surface area contributed by atoms with Crippen LogP contribution in [0.2, 0.25) is 15.1 Å². The van der Waals surface area contributed by atoms with E-state index in [0.29, 0.717) is 16.5 Å². The highest BCUT2D eigenvalue weighted by Gasteiger charge is 2.53. The van der Waals surface area contributed by atoms with Gasteiger partial charge >= 0.3 is 0 Å². The highest BCUT2D eigenvalue weighted by molar-refractivity contribution is 6.37. The van der Waals surface area contributed by atoms with Crippen LogP contribution < -0.4 is 0 Å². The van der Waals surface area contributed by atoms with Gasteiger partial charge in [-0.1, -0.05) is 53.9 Å². The van der Waals surface area contributed by atoms with Crippen molar-refractivity contribution >= 4 is 58.3 Å². The third-order valence-corrected chi connectivity index (χ3v) is 6.74. The highest BCUT2D eigenvalue weighted by atomic mass is 35.5. The second-order valence-electron chi connectivity index (χ2n) is 8.06. The Morgan fingerprint density at radius 1 is 1.00 bits per heavy atom. The Balaban J connectivity index is 1.72. The van der Waals surface area contributed by atoms with Gasteiger partial charge in [-0.05, 0) is 54.8 Å². The lowest BCUT2D eigenvalue weighted by atomic mass is 9.78. The maximum Gasteiger partial charge on any atom is 0.273 e. The number of carbonyl (C=O) groups excluding carboxylic acids is 4. The summed E-state index contributed by atoms with van der Waals surface area (Å²) in [5, 5.41) is 2.61. The maximum absolute atomic E-state index is 13.4. The number of amides is 3. The molecule has 1 aliphatic heterocycles. The van der Waals surface area contributed by atoms with Crippen molar-refractivity contribution < 1.29 is 19.2 Å². The summed E-state index contributed by atoms with van der Waals surface area (Å²) >= 11 is 18.0. The summed E-state index contributed by atoms with van der Waals surface area (Å²) in [5.41, 5.74) is 0.303. The van der Waals surface area contributed by atoms with Crippen LogP contribution in [0.5, 0.6) is 0 Å². The minimum absolute atomic E-state index is 0.108. The molecule has 0 spiro atoms. The van der Waals surface area contributed by atoms with E-state index < -0.39 is 41.9 Å². The second kappa shape index (κ2) is 9.29. The summed E-state index contributed by atoms with van der Waals surface area (Å²) < 4.78 is 0. The molecule has 3 atom stereocenters. The van der Waals surface area contributed by atoms with E-state index in [0.717, 1.165) is 10.0 Å². The molecule has 1 fully saturated rings. The van der Waals surface area contributed by atoms with Gasteiger partial charge in [0.25, 0.3) is 17.7 Å². The Bertz CT molecular complexity index is 1180. The van der Waals surface area contributed by atoms with E-state index in [4.69, 9.17) is 34.8 Å². The number of hydrogen-bond acceptors (Lipinski definition) is 4. The Morgan fingerprint density at radius 3 is 2.30 bits per heavy atom. The summed E-state index contributed by atoms with van der Waals surface area (Å²) in [6.07, 6.45) is 4.15. The van der Waals surface area contributed by atoms with Crippen molar-refractivity contribution in [2.24, 2.45) is 17.8 Å². The predicted molar refractivity (Wildman–Crippen MR) is 125 cm³/mol. The van der Waals surface area contributed by atoms with Gasteiger partial charge in [0, 0.05) is 21.2 Å². The van der Waals surface area contributed by atoms with Crippen LogP contribution in [0.25, 0.3) is 0 Å². The molecule has 3 amide bonds. The molecule has 4 rings (SSSR count). The molecule has 9 heteroatoms. The summed E-state index contributed by atoms with van der Waals surface area (Å²) in [5.74, 6) is -3.55. The average Bonchev–Trinajstić information content (AvgIpc) is 3.03. The number of hydrogen-bond donors (Lipinski definition) is 0. The van der Waals surface area contributed by atoms with Gasteiger partial charge in [0.15, 0.2) is 5.78 Å². The van der Waals surface area contributed by atoms with Crippen LogP contribution in [0.1, 0.15) is 34.1 Å². The molecule has 1 heterocycles. The van der Waals surface area contributed by atoms with Crippen LogP contribution >= 0.6 is 34.8 Å². The van der Waals surface area contributed by atoms with Gasteiger partial charge in [-0.2, -0.15) is 5.01 Å². The van der Waals surface area contributed by atoms with E-state index in [9.17, 15) is 19.2 Å². The van der Waals surface area contributed by atoms with Gasteiger partial charge in [0.05, 0.1) is 16.9 Å². The molecule has 2 aromatic rings. The van der Waals surface area contributed by atoms with Crippen LogP contribution in [0, 0.1) is 17.8 Å². The van der Waals surface area contributed by atoms with Crippen LogP contribution in [-0.2, 0) is 9.59 Å². The Morgan fingerprint density at radius 2 is 1.67 bits per heavy atom. The molecular weight excluding hydrogens is 487 g/mol. The summed E-state index contributed by atoms with van der Waals surface area (Å²) in [6.45, 7) is 1.30. The predicted octanol–water partition coefficient (Wildman–Crippen LogP) is 5.08. The van der Waals surface area contributed by atoms with Crippen molar-refractivity contribution in [1.29, 1.82) is 0 Å². The number of allylic oxidation sites excluding steroid dienone is 2. The van der Waals surface area contributed by atoms with Crippen molar-refractivity contribution in [1.82, 2.24) is 10.0 Å². The quantitative estimate of drug-likeness (QED) is 0.322. The van der Waals surface area contributed by atoms with E-state index in [1.54, 1.807) is 0 Å². The largest absolute Gasteiger partial charge is 0.292 e. The summed E-state index contributed by atoms with van der Waals surface area (Å²) in [4.78, 5) is 53.1. The van der Waals surface area contributed by atoms with Gasteiger partial charge in [-0.25, -0.2) is 5.01 Å². The van der Waals surface area contributed by atoms with Crippen LogP contribution in [0.15, 0.2) is 54.6 Å². The Labute approximate surface area is 205 Å². The zero-order chi connectivity index (χ0) is 23.9. The fourth-order valence-electron chi connectivity index (χ4n) is 4.28. The number of benzene rings is 2. The first-order valence-corrected chi connectivity index (χ1v) is 11.4. The average molecular weight is 506 g/mol. The number of imide groups is 1. The number of rotatable bonds is 5. The van der Waals surface area contributed by atoms with E-state index >= 15 is 0 Å². The number of hydrazine groups is 1. The fraction of sp³-hybridized carbons (Fsp3) is 0.250. The lowest BCUT2D eigenvalue weighted by molar-refractivity contribution is -0.154. The van der Waals surface area contributed by atoms with E-state index in [1.165, 1.54) is 42.5 Å². The summed E-state index contributed by atoms with van der Waals surface area (Å²) in [7, 11) is 0. The molecule has 0 bridgehead atoms. The minimum atomic E-state index is -0.675. The van der Waals surface area contributed by atoms with Crippen LogP contribution in [0.3, 0.4) is 0 Å². The second-order valence-corrected chi connectivity index (χ2v) is 9.34. The molecular formula is C24H19Cl3N2O4. The zero-order valence-corrected chi connectivity index (χ0v) is 19.8. The molecule has 33 heavy (non-hydrogen) atoms. The zero-order valence-electron chi connectivity index (χ0n) is 17.5. The number of fused-ring (bicyclic) bond motifs is 1. The lowest BCUT2D eigenvalue weighted by Gasteiger charge is -2.30. The highest BCUT2D eigenvalue weighted by Crippen LogP contribution is 2.39. The molecule has 1 aliphatic carbocycles. The normalized spacial score (nSPS) is 21.8. The van der Waals surface area contributed by atoms with Crippen molar-refractivity contribution in [2.45, 2.75) is 13.3 Å². The lowest BCUT2D eigenvalue weighted by Crippen LogP contribution is -2.52. The molecule has 0 N–H and O–H groups in total. The van der Waals surface area contributed by atoms with E-state index in [1.807, 2.05) is 19.1 Å². The van der Waals surface area contributed by atoms with E-state index in [-0.39, 0.29) is 22.1 Å². The van der Waals surface area contributed by atoms with Gasteiger partial charge in [0.1, 0.15) is 6.54 Å². The van der Waals surface area contributed by atoms with Crippen molar-refractivity contribution in [3.05, 3.63) is 80.8 Å². The first kappa shape index (κ1) is 23.5. The molecule has 1 saturated heterocycles. The van der Waals surface area contributed by atoms with Gasteiger partial charge in [-0.3, -0.25) is 19.2 Å². The third-order valence-electron chi connectivity index (χ3n) is 5.94. The molecule has 0 radical (unpaired) electrons. The molecule has 2 aromatic carbocycles. The van der Waals surface area contributed by atoms with Crippen molar-refractivity contribution in [3.8, 4) is 0 Å². The van der Waals surface area contributed by atoms with Crippen LogP contribution in [0.4, 0.5) is 0 Å². The molecule has 6 nitrogen and oxygen atoms in total. The minimum Gasteiger partial charge on any atom is -0.292 e. The molecule has 0 saturated carbocycles. The van der Waals surface area contributed by atoms with Gasteiger partial charge in [-0.15, -0.1) is 0 Å². The van der Waals surface area contributed by atoms with E-state index in [2.05, 4.69) is 0 Å². The number of ketones is 1. The Kier molecular flexibility index (Phi) is 6.61. The SMILES string of the molecule is C[C@@H]1C=CC[C@@H]2C(=O)N(N(CC(=O)c3ccc(Cl)cc3Cl)C(=O)c3ccc(Cl)cc3)C(=O)[C@H]12. The monoisotopic (exact) mass is 504 g/mol. The van der Waals surface area contributed by atoms with Crippen molar-refractivity contribution in [2.75, 3.05) is 6.54 Å². The smallest absolute Gasteiger partial charge is 0.273 e. The van der Waals surface area contributed by atoms with Crippen molar-refractivity contribution in [3.63, 3.8) is 0 Å². The molecule has 0 unspecified atom stereocenters. The first-order valence-electron chi connectivity index (χ1n) is 10.3. The number of halogens is 3. The summed E-state index contributed by atoms with van der Waals surface area (Å²) in [6, 6.07) is 10.3. The standard InChI is InChI=1S/C24H19Cl3N2O4/c1-13-3-2-4-18-21(13)24(33)29(23(18)32)28(22(31)14-5-7-15(25)8-6-14)12-20(30)17-10-9-16(26)11-19(17)27/h2-3,5-11,13,18,21H,4,12H2,1H3/t13-,18+,21-/m1/s1. The third kappa shape index (κ3) is 4.43. The molecule has 0 aromatic heterocycles. The topological polar surface area (TPSA) is 74.8 Å². The van der Waals surface area contributed by atoms with Gasteiger partial charge in [0.2, 0.25) is 0 Å². The molecule has 2 aliphatic rings. The Hall–Kier alpha value is -2.67. The first-order chi connectivity index (χ1) is 15.7.